The summed E-state index contributed by atoms with van der Waals surface area (Å²) >= 11 is 0. The van der Waals surface area contributed by atoms with Crippen molar-refractivity contribution >= 4 is 29.3 Å². The van der Waals surface area contributed by atoms with Crippen LogP contribution < -0.4 is 9.80 Å². The zero-order valence-corrected chi connectivity index (χ0v) is 25.7. The summed E-state index contributed by atoms with van der Waals surface area (Å²) in [5.41, 5.74) is 6.96. The van der Waals surface area contributed by atoms with E-state index in [0.29, 0.717) is 35.6 Å². The highest BCUT2D eigenvalue weighted by atomic mass is 16.6. The summed E-state index contributed by atoms with van der Waals surface area (Å²) in [6.45, 7) is 7.32. The molecule has 0 spiro atoms. The molecule has 0 aliphatic heterocycles. The summed E-state index contributed by atoms with van der Waals surface area (Å²) in [6.07, 6.45) is 0.328. The topological polar surface area (TPSA) is 76.2 Å². The number of esters is 1. The molecule has 7 nitrogen and oxygen atoms in total. The van der Waals surface area contributed by atoms with Gasteiger partial charge in [0.15, 0.2) is 0 Å². The number of benzene rings is 4. The highest BCUT2D eigenvalue weighted by Crippen LogP contribution is 2.44. The average Bonchev–Trinajstić information content (AvgIpc) is 3.38. The first-order valence-electron chi connectivity index (χ1n) is 15.0. The molecule has 4 aromatic carbocycles. The summed E-state index contributed by atoms with van der Waals surface area (Å²) in [5.74, 6) is -0.406. The zero-order chi connectivity index (χ0) is 31.2. The molecule has 0 saturated heterocycles. The van der Waals surface area contributed by atoms with Crippen molar-refractivity contribution in [2.45, 2.75) is 33.1 Å². The van der Waals surface area contributed by atoms with Crippen LogP contribution in [0.2, 0.25) is 0 Å². The van der Waals surface area contributed by atoms with Gasteiger partial charge in [0, 0.05) is 35.9 Å². The van der Waals surface area contributed by atoms with Crippen molar-refractivity contribution in [2.75, 3.05) is 36.6 Å². The summed E-state index contributed by atoms with van der Waals surface area (Å²) in [5, 5.41) is 0. The predicted molar refractivity (Wildman–Crippen MR) is 173 cm³/mol. The molecular weight excluding hydrogens is 552 g/mol. The number of carbonyl (C=O) groups excluding carboxylic acids is 3. The van der Waals surface area contributed by atoms with Crippen LogP contribution in [-0.2, 0) is 9.47 Å². The lowest BCUT2D eigenvalue weighted by Gasteiger charge is -2.26. The molecule has 2 amide bonds. The summed E-state index contributed by atoms with van der Waals surface area (Å²) in [6, 6.07) is 30.4. The van der Waals surface area contributed by atoms with Crippen molar-refractivity contribution in [3.05, 3.63) is 119 Å². The largest absolute Gasteiger partial charge is 0.465 e. The van der Waals surface area contributed by atoms with Crippen LogP contribution in [0.5, 0.6) is 0 Å². The molecule has 226 valence electrons. The Bertz CT molecular complexity index is 1580. The molecule has 7 heteroatoms. The SMILES string of the molecule is CCCN(C(=O)OCC1c2ccccc2-c2ccccc21)c1ccc(C(=O)N(CC(C)C)c2ccc(C(=O)OC)cc2)cc1. The van der Waals surface area contributed by atoms with Gasteiger partial charge in [-0.05, 0) is 83.1 Å². The lowest BCUT2D eigenvalue weighted by Crippen LogP contribution is -2.35. The Labute approximate surface area is 259 Å². The molecule has 0 unspecified atom stereocenters. The highest BCUT2D eigenvalue weighted by molar-refractivity contribution is 6.06. The molecule has 0 bridgehead atoms. The molecule has 1 aliphatic carbocycles. The monoisotopic (exact) mass is 590 g/mol. The maximum absolute atomic E-state index is 13.7. The molecule has 0 fully saturated rings. The number of carbonyl (C=O) groups is 3. The Hall–Kier alpha value is -4.91. The Morgan fingerprint density at radius 2 is 1.25 bits per heavy atom. The molecule has 0 aromatic heterocycles. The second-order valence-electron chi connectivity index (χ2n) is 11.4. The van der Waals surface area contributed by atoms with Gasteiger partial charge in [-0.2, -0.15) is 0 Å². The number of amides is 2. The van der Waals surface area contributed by atoms with Crippen LogP contribution in [0.1, 0.15) is 65.0 Å². The minimum atomic E-state index is -0.429. The van der Waals surface area contributed by atoms with Crippen molar-refractivity contribution in [3.8, 4) is 11.1 Å². The number of methoxy groups -OCH3 is 1. The van der Waals surface area contributed by atoms with Gasteiger partial charge in [0.05, 0.1) is 12.7 Å². The van der Waals surface area contributed by atoms with E-state index in [0.717, 1.165) is 17.5 Å². The van der Waals surface area contributed by atoms with E-state index >= 15 is 0 Å². The van der Waals surface area contributed by atoms with E-state index < -0.39 is 12.1 Å². The number of nitrogens with zero attached hydrogens (tertiary/aromatic N) is 2. The Morgan fingerprint density at radius 3 is 1.77 bits per heavy atom. The lowest BCUT2D eigenvalue weighted by atomic mass is 9.98. The summed E-state index contributed by atoms with van der Waals surface area (Å²) in [7, 11) is 1.34. The second-order valence-corrected chi connectivity index (χ2v) is 11.4. The smallest absolute Gasteiger partial charge is 0.414 e. The lowest BCUT2D eigenvalue weighted by molar-refractivity contribution is 0.0600. The number of hydrogen-bond donors (Lipinski definition) is 0. The molecule has 0 heterocycles. The van der Waals surface area contributed by atoms with Gasteiger partial charge in [-0.15, -0.1) is 0 Å². The molecule has 4 aromatic rings. The Balaban J connectivity index is 1.31. The van der Waals surface area contributed by atoms with Crippen LogP contribution in [0.3, 0.4) is 0 Å². The third kappa shape index (κ3) is 6.37. The molecule has 0 atom stereocenters. The van der Waals surface area contributed by atoms with Crippen LogP contribution in [0, 0.1) is 5.92 Å². The van der Waals surface area contributed by atoms with Crippen molar-refractivity contribution in [1.29, 1.82) is 0 Å². The number of rotatable bonds is 10. The predicted octanol–water partition coefficient (Wildman–Crippen LogP) is 7.94. The van der Waals surface area contributed by atoms with Crippen LogP contribution in [-0.4, -0.2) is 44.8 Å². The summed E-state index contributed by atoms with van der Waals surface area (Å²) < 4.78 is 10.7. The number of fused-ring (bicyclic) bond motifs is 3. The van der Waals surface area contributed by atoms with Gasteiger partial charge in [0.1, 0.15) is 6.61 Å². The third-order valence-corrected chi connectivity index (χ3v) is 7.82. The molecule has 0 radical (unpaired) electrons. The Kier molecular flexibility index (Phi) is 9.44. The molecule has 1 aliphatic rings. The van der Waals surface area contributed by atoms with Gasteiger partial charge >= 0.3 is 12.1 Å². The Morgan fingerprint density at radius 1 is 0.727 bits per heavy atom. The van der Waals surface area contributed by atoms with Crippen molar-refractivity contribution in [3.63, 3.8) is 0 Å². The van der Waals surface area contributed by atoms with Crippen LogP contribution >= 0.6 is 0 Å². The minimum absolute atomic E-state index is 0.0246. The van der Waals surface area contributed by atoms with Crippen molar-refractivity contribution in [2.24, 2.45) is 5.92 Å². The van der Waals surface area contributed by atoms with Gasteiger partial charge in [-0.3, -0.25) is 9.69 Å². The fourth-order valence-electron chi connectivity index (χ4n) is 5.73. The van der Waals surface area contributed by atoms with Crippen molar-refractivity contribution in [1.82, 2.24) is 0 Å². The molecule has 0 saturated carbocycles. The minimum Gasteiger partial charge on any atom is -0.465 e. The standard InChI is InChI=1S/C37H38N2O5/c1-5-22-38(37(42)44-24-34-32-12-8-6-10-30(32)31-11-7-9-13-33(31)34)28-18-14-26(15-19-28)35(40)39(23-25(2)3)29-20-16-27(17-21-29)36(41)43-4/h6-21,25,34H,5,22-24H2,1-4H3. The number of anilines is 2. The number of hydrogen-bond acceptors (Lipinski definition) is 5. The van der Waals surface area contributed by atoms with Gasteiger partial charge < -0.3 is 14.4 Å². The first-order chi connectivity index (χ1) is 21.3. The number of ether oxygens (including phenoxy) is 2. The van der Waals surface area contributed by atoms with E-state index in [1.807, 2.05) is 45.0 Å². The fraction of sp³-hybridized carbons (Fsp3) is 0.270. The normalized spacial score (nSPS) is 11.9. The van der Waals surface area contributed by atoms with E-state index in [4.69, 9.17) is 9.47 Å². The van der Waals surface area contributed by atoms with Gasteiger partial charge in [0.25, 0.3) is 5.91 Å². The van der Waals surface area contributed by atoms with Crippen molar-refractivity contribution < 1.29 is 23.9 Å². The van der Waals surface area contributed by atoms with E-state index in [1.165, 1.54) is 18.2 Å². The van der Waals surface area contributed by atoms with E-state index in [1.54, 1.807) is 58.3 Å². The quantitative estimate of drug-likeness (QED) is 0.175. The van der Waals surface area contributed by atoms with E-state index in [9.17, 15) is 14.4 Å². The maximum Gasteiger partial charge on any atom is 0.414 e. The van der Waals surface area contributed by atoms with Crippen LogP contribution in [0.4, 0.5) is 16.2 Å². The molecule has 0 N–H and O–H groups in total. The fourth-order valence-corrected chi connectivity index (χ4v) is 5.73. The second kappa shape index (κ2) is 13.6. The van der Waals surface area contributed by atoms with Crippen LogP contribution in [0.15, 0.2) is 97.1 Å². The average molecular weight is 591 g/mol. The summed E-state index contributed by atoms with van der Waals surface area (Å²) in [4.78, 5) is 42.3. The molecular formula is C37H38N2O5. The molecule has 5 rings (SSSR count). The van der Waals surface area contributed by atoms with Gasteiger partial charge in [-0.1, -0.05) is 69.3 Å². The molecule has 44 heavy (non-hydrogen) atoms. The van der Waals surface area contributed by atoms with Gasteiger partial charge in [0.2, 0.25) is 0 Å². The first kappa shape index (κ1) is 30.5. The zero-order valence-electron chi connectivity index (χ0n) is 25.7. The van der Waals surface area contributed by atoms with Crippen LogP contribution in [0.25, 0.3) is 11.1 Å². The first-order valence-corrected chi connectivity index (χ1v) is 15.0. The van der Waals surface area contributed by atoms with Gasteiger partial charge in [-0.25, -0.2) is 9.59 Å². The third-order valence-electron chi connectivity index (χ3n) is 7.82. The van der Waals surface area contributed by atoms with E-state index in [-0.39, 0.29) is 24.3 Å². The van der Waals surface area contributed by atoms with E-state index in [2.05, 4.69) is 24.3 Å². The maximum atomic E-state index is 13.7. The highest BCUT2D eigenvalue weighted by Gasteiger charge is 2.30.